The lowest BCUT2D eigenvalue weighted by molar-refractivity contribution is -0.127. The Labute approximate surface area is 139 Å². The molecule has 4 heteroatoms. The Morgan fingerprint density at radius 1 is 1.30 bits per heavy atom. The van der Waals surface area contributed by atoms with Crippen LogP contribution in [0.25, 0.3) is 0 Å². The van der Waals surface area contributed by atoms with E-state index >= 15 is 0 Å². The number of likely N-dealkylation sites (tertiary alicyclic amines) is 1. The largest absolute Gasteiger partial charge is 0.487 e. The first-order valence-electron chi connectivity index (χ1n) is 8.62. The predicted octanol–water partition coefficient (Wildman–Crippen LogP) is 3.06. The highest BCUT2D eigenvalue weighted by molar-refractivity contribution is 5.79. The Morgan fingerprint density at radius 3 is 2.70 bits per heavy atom. The fraction of sp³-hybridized carbons (Fsp3) is 0.632. The van der Waals surface area contributed by atoms with Gasteiger partial charge >= 0.3 is 0 Å². The van der Waals surface area contributed by atoms with Gasteiger partial charge in [0.1, 0.15) is 11.4 Å². The van der Waals surface area contributed by atoms with Crippen LogP contribution in [0.4, 0.5) is 0 Å². The maximum absolute atomic E-state index is 12.7. The molecule has 1 fully saturated rings. The summed E-state index contributed by atoms with van der Waals surface area (Å²) >= 11 is 0. The Kier molecular flexibility index (Phi) is 4.37. The van der Waals surface area contributed by atoms with E-state index in [1.54, 1.807) is 0 Å². The fourth-order valence-corrected chi connectivity index (χ4v) is 3.65. The number of aryl methyl sites for hydroxylation is 1. The number of carbonyl (C=O) groups excluding carboxylic acids is 1. The molecule has 1 N–H and O–H groups in total. The normalized spacial score (nSPS) is 24.6. The van der Waals surface area contributed by atoms with Crippen LogP contribution in [-0.4, -0.2) is 36.5 Å². The van der Waals surface area contributed by atoms with E-state index in [1.165, 1.54) is 5.56 Å². The zero-order chi connectivity index (χ0) is 16.6. The van der Waals surface area contributed by atoms with Gasteiger partial charge in [0.05, 0.1) is 6.04 Å². The molecule has 23 heavy (non-hydrogen) atoms. The fourth-order valence-electron chi connectivity index (χ4n) is 3.65. The second kappa shape index (κ2) is 6.16. The van der Waals surface area contributed by atoms with Crippen molar-refractivity contribution in [2.75, 3.05) is 20.1 Å². The van der Waals surface area contributed by atoms with E-state index in [9.17, 15) is 4.79 Å². The number of amides is 1. The van der Waals surface area contributed by atoms with Gasteiger partial charge in [-0.05, 0) is 65.4 Å². The zero-order valence-electron chi connectivity index (χ0n) is 14.7. The number of rotatable bonds is 2. The Bertz CT molecular complexity index is 589. The van der Waals surface area contributed by atoms with Gasteiger partial charge in [0, 0.05) is 17.9 Å². The first-order chi connectivity index (χ1) is 10.8. The van der Waals surface area contributed by atoms with Crippen LogP contribution in [-0.2, 0) is 4.79 Å². The van der Waals surface area contributed by atoms with Gasteiger partial charge in [-0.25, -0.2) is 0 Å². The predicted molar refractivity (Wildman–Crippen MR) is 91.6 cm³/mol. The summed E-state index contributed by atoms with van der Waals surface area (Å²) in [6, 6.07) is 6.31. The molecule has 2 aliphatic heterocycles. The Hall–Kier alpha value is -1.55. The summed E-state index contributed by atoms with van der Waals surface area (Å²) in [5.74, 6) is 1.26. The van der Waals surface area contributed by atoms with Crippen molar-refractivity contribution in [1.29, 1.82) is 0 Å². The minimum Gasteiger partial charge on any atom is -0.487 e. The van der Waals surface area contributed by atoms with Gasteiger partial charge in [0.15, 0.2) is 0 Å². The number of hydrogen-bond acceptors (Lipinski definition) is 3. The smallest absolute Gasteiger partial charge is 0.223 e. The van der Waals surface area contributed by atoms with Gasteiger partial charge in [0.2, 0.25) is 5.91 Å². The molecule has 1 aromatic rings. The minimum absolute atomic E-state index is 0.0431. The van der Waals surface area contributed by atoms with Crippen molar-refractivity contribution in [1.82, 2.24) is 10.2 Å². The van der Waals surface area contributed by atoms with Gasteiger partial charge in [-0.1, -0.05) is 12.1 Å². The van der Waals surface area contributed by atoms with E-state index in [1.807, 2.05) is 0 Å². The number of carbonyl (C=O) groups is 1. The number of nitrogens with one attached hydrogen (secondary N) is 1. The third kappa shape index (κ3) is 3.69. The van der Waals surface area contributed by atoms with Crippen LogP contribution in [0.2, 0.25) is 0 Å². The highest BCUT2D eigenvalue weighted by Crippen LogP contribution is 2.40. The van der Waals surface area contributed by atoms with Crippen molar-refractivity contribution in [2.24, 2.45) is 5.92 Å². The van der Waals surface area contributed by atoms with Crippen molar-refractivity contribution in [3.05, 3.63) is 29.3 Å². The van der Waals surface area contributed by atoms with Crippen molar-refractivity contribution >= 4 is 5.91 Å². The topological polar surface area (TPSA) is 41.6 Å². The number of piperidine rings is 1. The molecular formula is C19H28N2O2. The third-order valence-corrected chi connectivity index (χ3v) is 5.03. The van der Waals surface area contributed by atoms with Crippen molar-refractivity contribution in [2.45, 2.75) is 51.7 Å². The van der Waals surface area contributed by atoms with E-state index in [0.29, 0.717) is 0 Å². The van der Waals surface area contributed by atoms with Crippen LogP contribution >= 0.6 is 0 Å². The van der Waals surface area contributed by atoms with Gasteiger partial charge in [0.25, 0.3) is 0 Å². The van der Waals surface area contributed by atoms with E-state index < -0.39 is 0 Å². The summed E-state index contributed by atoms with van der Waals surface area (Å²) in [4.78, 5) is 15.0. The molecule has 1 atom stereocenters. The second-order valence-corrected chi connectivity index (χ2v) is 7.75. The quantitative estimate of drug-likeness (QED) is 0.912. The average Bonchev–Trinajstić information content (AvgIpc) is 2.46. The molecule has 2 aliphatic rings. The standard InChI is InChI=1S/C19H28N2O2/c1-13-5-6-15-16(12-19(2,3)23-17(15)11-13)20-18(22)14-7-9-21(4)10-8-14/h5-6,11,14,16H,7-10,12H2,1-4H3,(H,20,22)/t16-/m1/s1. The molecule has 126 valence electrons. The summed E-state index contributed by atoms with van der Waals surface area (Å²) in [7, 11) is 2.12. The lowest BCUT2D eigenvalue weighted by Crippen LogP contribution is -2.44. The third-order valence-electron chi connectivity index (χ3n) is 5.03. The molecule has 0 radical (unpaired) electrons. The summed E-state index contributed by atoms with van der Waals surface area (Å²) in [6.45, 7) is 8.26. The van der Waals surface area contributed by atoms with Crippen LogP contribution < -0.4 is 10.1 Å². The van der Waals surface area contributed by atoms with Crippen molar-refractivity contribution in [3.8, 4) is 5.75 Å². The molecule has 4 nitrogen and oxygen atoms in total. The van der Waals surface area contributed by atoms with E-state index in [0.717, 1.165) is 43.7 Å². The second-order valence-electron chi connectivity index (χ2n) is 7.75. The van der Waals surface area contributed by atoms with Crippen molar-refractivity contribution in [3.63, 3.8) is 0 Å². The lowest BCUT2D eigenvalue weighted by atomic mass is 9.88. The van der Waals surface area contributed by atoms with E-state index in [4.69, 9.17) is 4.74 Å². The molecule has 0 unspecified atom stereocenters. The molecular weight excluding hydrogens is 288 g/mol. The molecule has 1 aromatic carbocycles. The van der Waals surface area contributed by atoms with Gasteiger partial charge in [-0.2, -0.15) is 0 Å². The monoisotopic (exact) mass is 316 g/mol. The minimum atomic E-state index is -0.258. The molecule has 1 saturated heterocycles. The van der Waals surface area contributed by atoms with E-state index in [-0.39, 0.29) is 23.5 Å². The molecule has 3 rings (SSSR count). The summed E-state index contributed by atoms with van der Waals surface area (Å²) < 4.78 is 6.11. The highest BCUT2D eigenvalue weighted by Gasteiger charge is 2.35. The maximum Gasteiger partial charge on any atom is 0.223 e. The van der Waals surface area contributed by atoms with Crippen LogP contribution in [0.3, 0.4) is 0 Å². The Balaban J connectivity index is 1.76. The number of hydrogen-bond donors (Lipinski definition) is 1. The van der Waals surface area contributed by atoms with Crippen molar-refractivity contribution < 1.29 is 9.53 Å². The number of benzene rings is 1. The number of nitrogens with zero attached hydrogens (tertiary/aromatic N) is 1. The molecule has 0 aromatic heterocycles. The molecule has 0 bridgehead atoms. The SMILES string of the molecule is Cc1ccc2c(c1)OC(C)(C)C[C@H]2NC(=O)C1CCN(C)CC1. The van der Waals surface area contributed by atoms with Crippen LogP contribution in [0.1, 0.15) is 50.3 Å². The summed E-state index contributed by atoms with van der Waals surface area (Å²) in [6.07, 6.45) is 2.72. The van der Waals surface area contributed by atoms with Gasteiger partial charge in [-0.3, -0.25) is 4.79 Å². The number of ether oxygens (including phenoxy) is 1. The Morgan fingerprint density at radius 2 is 2.00 bits per heavy atom. The number of fused-ring (bicyclic) bond motifs is 1. The highest BCUT2D eigenvalue weighted by atomic mass is 16.5. The molecule has 0 aliphatic carbocycles. The van der Waals surface area contributed by atoms with Gasteiger partial charge < -0.3 is 15.0 Å². The van der Waals surface area contributed by atoms with Crippen LogP contribution in [0, 0.1) is 12.8 Å². The summed E-state index contributed by atoms with van der Waals surface area (Å²) in [5, 5.41) is 3.30. The lowest BCUT2D eigenvalue weighted by Gasteiger charge is -2.39. The molecule has 0 spiro atoms. The average molecular weight is 316 g/mol. The maximum atomic E-state index is 12.7. The van der Waals surface area contributed by atoms with Gasteiger partial charge in [-0.15, -0.1) is 0 Å². The molecule has 1 amide bonds. The first-order valence-corrected chi connectivity index (χ1v) is 8.62. The summed E-state index contributed by atoms with van der Waals surface area (Å²) in [5.41, 5.74) is 2.03. The van der Waals surface area contributed by atoms with Crippen LogP contribution in [0.15, 0.2) is 18.2 Å². The first kappa shape index (κ1) is 16.3. The van der Waals surface area contributed by atoms with E-state index in [2.05, 4.69) is 56.2 Å². The molecule has 0 saturated carbocycles. The molecule has 2 heterocycles. The van der Waals surface area contributed by atoms with Crippen LogP contribution in [0.5, 0.6) is 5.75 Å². The zero-order valence-corrected chi connectivity index (χ0v) is 14.7.